The van der Waals surface area contributed by atoms with Crippen LogP contribution in [0.5, 0.6) is 5.75 Å². The zero-order chi connectivity index (χ0) is 13.0. The highest BCUT2D eigenvalue weighted by Gasteiger charge is 2.10. The Labute approximate surface area is 122 Å². The smallest absolute Gasteiger partial charge is 0.174 e. The minimum Gasteiger partial charge on any atom is -0.483 e. The van der Waals surface area contributed by atoms with Crippen LogP contribution >= 0.6 is 31.9 Å². The van der Waals surface area contributed by atoms with Gasteiger partial charge in [0.25, 0.3) is 0 Å². The van der Waals surface area contributed by atoms with Gasteiger partial charge in [-0.25, -0.2) is 0 Å². The summed E-state index contributed by atoms with van der Waals surface area (Å²) >= 11 is 6.98. The van der Waals surface area contributed by atoms with Crippen LogP contribution in [-0.2, 0) is 13.0 Å². The average molecular weight is 376 g/mol. The van der Waals surface area contributed by atoms with Crippen LogP contribution in [0.2, 0.25) is 0 Å². The fraction of sp³-hybridized carbons (Fsp3) is 0.250. The van der Waals surface area contributed by atoms with Crippen LogP contribution in [0.1, 0.15) is 11.3 Å². The Balaban J connectivity index is 2.12. The Morgan fingerprint density at radius 3 is 2.56 bits per heavy atom. The SMILES string of the molecule is NCCc1cc(Br)c(OCc2ccno2)c(Br)c1. The summed E-state index contributed by atoms with van der Waals surface area (Å²) in [5.41, 5.74) is 6.70. The summed E-state index contributed by atoms with van der Waals surface area (Å²) in [6.45, 7) is 0.963. The predicted molar refractivity (Wildman–Crippen MR) is 75.4 cm³/mol. The molecule has 0 saturated heterocycles. The largest absolute Gasteiger partial charge is 0.483 e. The van der Waals surface area contributed by atoms with Crippen LogP contribution in [-0.4, -0.2) is 11.7 Å². The van der Waals surface area contributed by atoms with E-state index in [4.69, 9.17) is 15.0 Å². The topological polar surface area (TPSA) is 61.3 Å². The number of ether oxygens (including phenoxy) is 1. The lowest BCUT2D eigenvalue weighted by molar-refractivity contribution is 0.247. The number of aromatic nitrogens is 1. The van der Waals surface area contributed by atoms with E-state index in [1.165, 1.54) is 0 Å². The number of nitrogens with zero attached hydrogens (tertiary/aromatic N) is 1. The van der Waals surface area contributed by atoms with E-state index in [-0.39, 0.29) is 0 Å². The molecule has 0 saturated carbocycles. The van der Waals surface area contributed by atoms with E-state index < -0.39 is 0 Å². The molecular weight excluding hydrogens is 364 g/mol. The molecule has 18 heavy (non-hydrogen) atoms. The van der Waals surface area contributed by atoms with Crippen molar-refractivity contribution in [1.82, 2.24) is 5.16 Å². The molecule has 0 bridgehead atoms. The maximum Gasteiger partial charge on any atom is 0.174 e. The van der Waals surface area contributed by atoms with Gasteiger partial charge in [0, 0.05) is 6.07 Å². The van der Waals surface area contributed by atoms with Crippen molar-refractivity contribution in [3.8, 4) is 5.75 Å². The van der Waals surface area contributed by atoms with E-state index in [1.54, 1.807) is 12.3 Å². The maximum absolute atomic E-state index is 5.69. The van der Waals surface area contributed by atoms with Crippen molar-refractivity contribution < 1.29 is 9.26 Å². The summed E-state index contributed by atoms with van der Waals surface area (Å²) in [5, 5.41) is 3.63. The minimum atomic E-state index is 0.341. The van der Waals surface area contributed by atoms with Crippen molar-refractivity contribution in [1.29, 1.82) is 0 Å². The number of rotatable bonds is 5. The van der Waals surface area contributed by atoms with Gasteiger partial charge in [-0.1, -0.05) is 5.16 Å². The first-order valence-electron chi connectivity index (χ1n) is 5.41. The van der Waals surface area contributed by atoms with Crippen LogP contribution in [0, 0.1) is 0 Å². The molecule has 4 nitrogen and oxygen atoms in total. The van der Waals surface area contributed by atoms with Crippen molar-refractivity contribution in [2.75, 3.05) is 6.54 Å². The standard InChI is InChI=1S/C12H12Br2N2O2/c13-10-5-8(1-3-15)6-11(14)12(10)17-7-9-2-4-16-18-9/h2,4-6H,1,3,7,15H2. The fourth-order valence-electron chi connectivity index (χ4n) is 1.52. The van der Waals surface area contributed by atoms with Crippen molar-refractivity contribution in [2.45, 2.75) is 13.0 Å². The second-order valence-corrected chi connectivity index (χ2v) is 5.40. The van der Waals surface area contributed by atoms with E-state index in [0.29, 0.717) is 18.9 Å². The molecule has 0 atom stereocenters. The number of nitrogens with two attached hydrogens (primary N) is 1. The highest BCUT2D eigenvalue weighted by atomic mass is 79.9. The van der Waals surface area contributed by atoms with Crippen molar-refractivity contribution in [3.05, 3.63) is 44.7 Å². The van der Waals surface area contributed by atoms with E-state index >= 15 is 0 Å². The number of halogens is 2. The normalized spacial score (nSPS) is 10.6. The third kappa shape index (κ3) is 3.34. The summed E-state index contributed by atoms with van der Waals surface area (Å²) in [6.07, 6.45) is 2.42. The molecule has 6 heteroatoms. The van der Waals surface area contributed by atoms with Gasteiger partial charge in [0.05, 0.1) is 15.1 Å². The molecule has 2 aromatic rings. The Bertz CT molecular complexity index is 492. The van der Waals surface area contributed by atoms with E-state index in [9.17, 15) is 0 Å². The van der Waals surface area contributed by atoms with E-state index in [1.807, 2.05) is 12.1 Å². The minimum absolute atomic E-state index is 0.341. The zero-order valence-electron chi connectivity index (χ0n) is 9.53. The monoisotopic (exact) mass is 374 g/mol. The summed E-state index contributed by atoms with van der Waals surface area (Å²) in [4.78, 5) is 0. The van der Waals surface area contributed by atoms with E-state index in [0.717, 1.165) is 26.7 Å². The molecule has 0 aliphatic heterocycles. The van der Waals surface area contributed by atoms with Crippen LogP contribution in [0.25, 0.3) is 0 Å². The van der Waals surface area contributed by atoms with Crippen LogP contribution in [0.3, 0.4) is 0 Å². The lowest BCUT2D eigenvalue weighted by Gasteiger charge is -2.11. The molecule has 0 radical (unpaired) electrons. The average Bonchev–Trinajstić information content (AvgIpc) is 2.81. The van der Waals surface area contributed by atoms with Crippen molar-refractivity contribution >= 4 is 31.9 Å². The van der Waals surface area contributed by atoms with Crippen LogP contribution in [0.4, 0.5) is 0 Å². The van der Waals surface area contributed by atoms with Gasteiger partial charge in [0.15, 0.2) is 5.76 Å². The third-order valence-corrected chi connectivity index (χ3v) is 3.52. The quantitative estimate of drug-likeness (QED) is 0.870. The Kier molecular flexibility index (Phi) is 4.79. The molecular formula is C12H12Br2N2O2. The first-order chi connectivity index (χ1) is 8.70. The van der Waals surface area contributed by atoms with E-state index in [2.05, 4.69) is 37.0 Å². The van der Waals surface area contributed by atoms with Gasteiger partial charge in [0.1, 0.15) is 12.4 Å². The van der Waals surface area contributed by atoms with Gasteiger partial charge in [-0.2, -0.15) is 0 Å². The molecule has 96 valence electrons. The molecule has 0 aliphatic rings. The Morgan fingerprint density at radius 2 is 2.00 bits per heavy atom. The summed E-state index contributed by atoms with van der Waals surface area (Å²) in [5.74, 6) is 1.42. The highest BCUT2D eigenvalue weighted by molar-refractivity contribution is 9.11. The lowest BCUT2D eigenvalue weighted by atomic mass is 10.1. The Morgan fingerprint density at radius 1 is 1.28 bits per heavy atom. The van der Waals surface area contributed by atoms with Gasteiger partial charge in [-0.05, 0) is 62.5 Å². The number of benzene rings is 1. The van der Waals surface area contributed by atoms with Gasteiger partial charge in [-0.3, -0.25) is 0 Å². The van der Waals surface area contributed by atoms with Crippen LogP contribution in [0.15, 0.2) is 37.9 Å². The first-order valence-corrected chi connectivity index (χ1v) is 6.99. The maximum atomic E-state index is 5.69. The molecule has 1 aromatic heterocycles. The summed E-state index contributed by atoms with van der Waals surface area (Å²) < 4.78 is 12.4. The van der Waals surface area contributed by atoms with Gasteiger partial charge >= 0.3 is 0 Å². The van der Waals surface area contributed by atoms with Crippen molar-refractivity contribution in [3.63, 3.8) is 0 Å². The summed E-state index contributed by atoms with van der Waals surface area (Å²) in [7, 11) is 0. The molecule has 2 N–H and O–H groups in total. The highest BCUT2D eigenvalue weighted by Crippen LogP contribution is 2.35. The van der Waals surface area contributed by atoms with Gasteiger partial charge in [0.2, 0.25) is 0 Å². The van der Waals surface area contributed by atoms with Gasteiger partial charge < -0.3 is 15.0 Å². The molecule has 0 fully saturated rings. The molecule has 2 rings (SSSR count). The molecule has 0 aliphatic carbocycles. The molecule has 0 spiro atoms. The van der Waals surface area contributed by atoms with Gasteiger partial charge in [-0.15, -0.1) is 0 Å². The zero-order valence-corrected chi connectivity index (χ0v) is 12.7. The third-order valence-electron chi connectivity index (χ3n) is 2.34. The Hall–Kier alpha value is -0.850. The molecule has 1 heterocycles. The predicted octanol–water partition coefficient (Wildman–Crippen LogP) is 3.28. The summed E-state index contributed by atoms with van der Waals surface area (Å²) in [6, 6.07) is 5.78. The second-order valence-electron chi connectivity index (χ2n) is 3.69. The molecule has 0 unspecified atom stereocenters. The number of hydrogen-bond acceptors (Lipinski definition) is 4. The first kappa shape index (κ1) is 13.6. The molecule has 0 amide bonds. The second kappa shape index (κ2) is 6.36. The fourth-order valence-corrected chi connectivity index (χ4v) is 3.03. The van der Waals surface area contributed by atoms with Crippen LogP contribution < -0.4 is 10.5 Å². The lowest BCUT2D eigenvalue weighted by Crippen LogP contribution is -2.03. The number of hydrogen-bond donors (Lipinski definition) is 1. The van der Waals surface area contributed by atoms with Crippen molar-refractivity contribution in [2.24, 2.45) is 5.73 Å². The molecule has 1 aromatic carbocycles.